The Morgan fingerprint density at radius 3 is 2.55 bits per heavy atom. The van der Waals surface area contributed by atoms with Gasteiger partial charge < -0.3 is 9.64 Å². The van der Waals surface area contributed by atoms with Crippen LogP contribution < -0.4 is 4.74 Å². The molecule has 0 N–H and O–H groups in total. The zero-order valence-corrected chi connectivity index (χ0v) is 16.4. The van der Waals surface area contributed by atoms with E-state index in [0.29, 0.717) is 13.2 Å². The highest BCUT2D eigenvalue weighted by atomic mass is 16.5. The number of ether oxygens (including phenoxy) is 1. The topological polar surface area (TPSA) is 55.3 Å². The third-order valence-electron chi connectivity index (χ3n) is 6.05. The molecule has 1 fully saturated rings. The van der Waals surface area contributed by atoms with Gasteiger partial charge in [0.15, 0.2) is 0 Å². The lowest BCUT2D eigenvalue weighted by Gasteiger charge is -2.30. The number of amides is 1. The van der Waals surface area contributed by atoms with E-state index >= 15 is 0 Å². The normalized spacial score (nSPS) is 19.6. The van der Waals surface area contributed by atoms with Crippen LogP contribution in [0.15, 0.2) is 67.3 Å². The van der Waals surface area contributed by atoms with Crippen LogP contribution in [0.2, 0.25) is 0 Å². The Bertz CT molecular complexity index is 1030. The summed E-state index contributed by atoms with van der Waals surface area (Å²) in [5, 5.41) is 0. The standard InChI is InChI=1S/C24H23N3O2/c1-17-15-29-22-8-7-18(20-12-25-16-26-13-20)11-19(22)14-27(17)23(28)24(9-10-24)21-5-3-2-4-6-21/h2-8,11-13,16-17H,9-10,14-15H2,1H3/t17-/m0/s1. The van der Waals surface area contributed by atoms with Crippen molar-refractivity contribution in [2.45, 2.75) is 37.8 Å². The lowest BCUT2D eigenvalue weighted by molar-refractivity contribution is -0.137. The summed E-state index contributed by atoms with van der Waals surface area (Å²) in [7, 11) is 0. The molecule has 5 heteroatoms. The molecule has 0 radical (unpaired) electrons. The molecule has 0 spiro atoms. The van der Waals surface area contributed by atoms with Crippen LogP contribution in [-0.2, 0) is 16.8 Å². The number of hydrogen-bond acceptors (Lipinski definition) is 4. The quantitative estimate of drug-likeness (QED) is 0.684. The van der Waals surface area contributed by atoms with E-state index in [1.807, 2.05) is 35.2 Å². The van der Waals surface area contributed by atoms with Crippen LogP contribution in [0.4, 0.5) is 0 Å². The van der Waals surface area contributed by atoms with Gasteiger partial charge in [-0.2, -0.15) is 0 Å². The van der Waals surface area contributed by atoms with Crippen LogP contribution in [0, 0.1) is 0 Å². The molecular weight excluding hydrogens is 362 g/mol. The van der Waals surface area contributed by atoms with E-state index in [2.05, 4.69) is 35.1 Å². The first-order valence-electron chi connectivity index (χ1n) is 10.1. The van der Waals surface area contributed by atoms with E-state index in [1.54, 1.807) is 12.4 Å². The Hall–Kier alpha value is -3.21. The fourth-order valence-corrected chi connectivity index (χ4v) is 4.17. The fourth-order valence-electron chi connectivity index (χ4n) is 4.17. The van der Waals surface area contributed by atoms with Gasteiger partial charge in [0.05, 0.1) is 11.5 Å². The van der Waals surface area contributed by atoms with E-state index in [0.717, 1.165) is 40.8 Å². The van der Waals surface area contributed by atoms with Gasteiger partial charge in [-0.05, 0) is 43.0 Å². The van der Waals surface area contributed by atoms with Gasteiger partial charge >= 0.3 is 0 Å². The predicted octanol–water partition coefficient (Wildman–Crippen LogP) is 3.98. The molecule has 1 aromatic heterocycles. The number of hydrogen-bond donors (Lipinski definition) is 0. The van der Waals surface area contributed by atoms with Crippen molar-refractivity contribution in [2.24, 2.45) is 0 Å². The van der Waals surface area contributed by atoms with Crippen LogP contribution in [0.1, 0.15) is 30.9 Å². The number of benzene rings is 2. The number of carbonyl (C=O) groups is 1. The molecule has 0 bridgehead atoms. The first-order valence-corrected chi connectivity index (χ1v) is 10.1. The van der Waals surface area contributed by atoms with Crippen molar-refractivity contribution in [3.05, 3.63) is 78.4 Å². The average molecular weight is 385 g/mol. The molecular formula is C24H23N3O2. The summed E-state index contributed by atoms with van der Waals surface area (Å²) in [4.78, 5) is 23.9. The van der Waals surface area contributed by atoms with Crippen molar-refractivity contribution in [1.82, 2.24) is 14.9 Å². The third-order valence-corrected chi connectivity index (χ3v) is 6.05. The Balaban J connectivity index is 1.48. The summed E-state index contributed by atoms with van der Waals surface area (Å²) < 4.78 is 6.05. The molecule has 1 atom stereocenters. The number of carbonyl (C=O) groups excluding carboxylic acids is 1. The van der Waals surface area contributed by atoms with Crippen molar-refractivity contribution >= 4 is 5.91 Å². The Labute approximate surface area is 170 Å². The maximum Gasteiger partial charge on any atom is 0.233 e. The summed E-state index contributed by atoms with van der Waals surface area (Å²) in [5.41, 5.74) is 3.75. The molecule has 3 aromatic rings. The second kappa shape index (κ2) is 6.99. The minimum absolute atomic E-state index is 0.0135. The van der Waals surface area contributed by atoms with Crippen LogP contribution in [0.25, 0.3) is 11.1 Å². The van der Waals surface area contributed by atoms with Gasteiger partial charge in [0.2, 0.25) is 5.91 Å². The number of fused-ring (bicyclic) bond motifs is 1. The van der Waals surface area contributed by atoms with E-state index < -0.39 is 0 Å². The summed E-state index contributed by atoms with van der Waals surface area (Å²) >= 11 is 0. The highest BCUT2D eigenvalue weighted by molar-refractivity contribution is 5.91. The number of rotatable bonds is 3. The number of aromatic nitrogens is 2. The van der Waals surface area contributed by atoms with Gasteiger partial charge in [-0.3, -0.25) is 4.79 Å². The molecule has 2 heterocycles. The Morgan fingerprint density at radius 2 is 1.83 bits per heavy atom. The zero-order valence-electron chi connectivity index (χ0n) is 16.4. The minimum atomic E-state index is -0.370. The third kappa shape index (κ3) is 3.16. The molecule has 2 aromatic carbocycles. The molecule has 1 saturated carbocycles. The van der Waals surface area contributed by atoms with Crippen molar-refractivity contribution in [3.63, 3.8) is 0 Å². The van der Waals surface area contributed by atoms with Crippen LogP contribution >= 0.6 is 0 Å². The molecule has 2 aliphatic rings. The summed E-state index contributed by atoms with van der Waals surface area (Å²) in [6, 6.07) is 16.3. The molecule has 0 unspecified atom stereocenters. The highest BCUT2D eigenvalue weighted by Gasteiger charge is 2.53. The maximum absolute atomic E-state index is 13.7. The molecule has 1 aliphatic carbocycles. The monoisotopic (exact) mass is 385 g/mol. The second-order valence-electron chi connectivity index (χ2n) is 7.99. The van der Waals surface area contributed by atoms with Gasteiger partial charge in [0.1, 0.15) is 18.7 Å². The summed E-state index contributed by atoms with van der Waals surface area (Å²) in [6.45, 7) is 3.11. The molecule has 146 valence electrons. The zero-order chi connectivity index (χ0) is 19.8. The van der Waals surface area contributed by atoms with Gasteiger partial charge in [-0.1, -0.05) is 36.4 Å². The first kappa shape index (κ1) is 17.9. The molecule has 1 amide bonds. The highest BCUT2D eigenvalue weighted by Crippen LogP contribution is 2.50. The summed E-state index contributed by atoms with van der Waals surface area (Å²) in [6.07, 6.45) is 6.94. The second-order valence-corrected chi connectivity index (χ2v) is 7.99. The largest absolute Gasteiger partial charge is 0.491 e. The Morgan fingerprint density at radius 1 is 1.07 bits per heavy atom. The smallest absolute Gasteiger partial charge is 0.233 e. The molecule has 1 aliphatic heterocycles. The lowest BCUT2D eigenvalue weighted by atomic mass is 9.93. The van der Waals surface area contributed by atoms with Crippen LogP contribution in [0.5, 0.6) is 5.75 Å². The lowest BCUT2D eigenvalue weighted by Crippen LogP contribution is -2.45. The van der Waals surface area contributed by atoms with E-state index in [4.69, 9.17) is 4.74 Å². The Kier molecular flexibility index (Phi) is 4.31. The fraction of sp³-hybridized carbons (Fsp3) is 0.292. The average Bonchev–Trinajstić information content (AvgIpc) is 3.60. The van der Waals surface area contributed by atoms with Crippen LogP contribution in [0.3, 0.4) is 0 Å². The van der Waals surface area contributed by atoms with E-state index in [1.165, 1.54) is 6.33 Å². The molecule has 29 heavy (non-hydrogen) atoms. The van der Waals surface area contributed by atoms with E-state index in [9.17, 15) is 4.79 Å². The van der Waals surface area contributed by atoms with Crippen molar-refractivity contribution in [3.8, 4) is 16.9 Å². The van der Waals surface area contributed by atoms with Gasteiger partial charge in [-0.25, -0.2) is 9.97 Å². The molecule has 5 nitrogen and oxygen atoms in total. The first-order chi connectivity index (χ1) is 14.2. The van der Waals surface area contributed by atoms with Gasteiger partial charge in [0, 0.05) is 30.1 Å². The van der Waals surface area contributed by atoms with Crippen molar-refractivity contribution < 1.29 is 9.53 Å². The predicted molar refractivity (Wildman–Crippen MR) is 110 cm³/mol. The van der Waals surface area contributed by atoms with Crippen LogP contribution in [-0.4, -0.2) is 33.4 Å². The van der Waals surface area contributed by atoms with Gasteiger partial charge in [-0.15, -0.1) is 0 Å². The SMILES string of the molecule is C[C@H]1COc2ccc(-c3cncnc3)cc2CN1C(=O)C1(c2ccccc2)CC1. The maximum atomic E-state index is 13.7. The summed E-state index contributed by atoms with van der Waals surface area (Å²) in [5.74, 6) is 1.05. The van der Waals surface area contributed by atoms with Gasteiger partial charge in [0.25, 0.3) is 0 Å². The molecule has 0 saturated heterocycles. The molecule has 5 rings (SSSR count). The minimum Gasteiger partial charge on any atom is -0.491 e. The van der Waals surface area contributed by atoms with Crippen molar-refractivity contribution in [1.29, 1.82) is 0 Å². The number of nitrogens with zero attached hydrogens (tertiary/aromatic N) is 3. The van der Waals surface area contributed by atoms with Crippen molar-refractivity contribution in [2.75, 3.05) is 6.61 Å². The van der Waals surface area contributed by atoms with E-state index in [-0.39, 0.29) is 17.4 Å².